The molecule has 0 aliphatic carbocycles. The summed E-state index contributed by atoms with van der Waals surface area (Å²) in [5, 5.41) is 0. The van der Waals surface area contributed by atoms with Crippen LogP contribution in [0.1, 0.15) is 13.8 Å². The van der Waals surface area contributed by atoms with Crippen LogP contribution in [0.5, 0.6) is 0 Å². The van der Waals surface area contributed by atoms with Crippen molar-refractivity contribution < 1.29 is 26.8 Å². The second-order valence-electron chi connectivity index (χ2n) is 3.70. The first-order chi connectivity index (χ1) is 8.43. The Hall–Kier alpha value is 0.0200. The quantitative estimate of drug-likeness (QED) is 0.649. The van der Waals surface area contributed by atoms with Gasteiger partial charge in [0.05, 0.1) is 26.4 Å². The van der Waals surface area contributed by atoms with Crippen LogP contribution in [-0.4, -0.2) is 57.7 Å². The highest BCUT2D eigenvalue weighted by molar-refractivity contribution is 7.95. The lowest BCUT2D eigenvalue weighted by Crippen LogP contribution is -2.41. The Bertz CT molecular complexity index is 382. The summed E-state index contributed by atoms with van der Waals surface area (Å²) in [5.41, 5.74) is -0.609. The molecule has 18 heavy (non-hydrogen) atoms. The van der Waals surface area contributed by atoms with Crippen molar-refractivity contribution in [3.8, 4) is 0 Å². The molecular weight excluding hydrogens is 281 g/mol. The Morgan fingerprint density at radius 1 is 1.17 bits per heavy atom. The van der Waals surface area contributed by atoms with Crippen LogP contribution >= 0.6 is 7.60 Å². The van der Waals surface area contributed by atoms with Crippen LogP contribution in [0, 0.1) is 0 Å². The van der Waals surface area contributed by atoms with Gasteiger partial charge in [-0.25, -0.2) is 8.42 Å². The van der Waals surface area contributed by atoms with Crippen LogP contribution in [0.2, 0.25) is 0 Å². The van der Waals surface area contributed by atoms with Crippen molar-refractivity contribution in [2.75, 3.05) is 45.0 Å². The molecule has 0 saturated carbocycles. The van der Waals surface area contributed by atoms with E-state index in [0.29, 0.717) is 13.2 Å². The molecule has 0 atom stereocenters. The summed E-state index contributed by atoms with van der Waals surface area (Å²) in [7, 11) is -7.22. The molecule has 0 aromatic carbocycles. The van der Waals surface area contributed by atoms with Gasteiger partial charge in [0.15, 0.2) is 5.49 Å². The van der Waals surface area contributed by atoms with Gasteiger partial charge >= 0.3 is 7.60 Å². The predicted molar refractivity (Wildman–Crippen MR) is 67.0 cm³/mol. The maximum atomic E-state index is 12.2. The van der Waals surface area contributed by atoms with Gasteiger partial charge in [-0.3, -0.25) is 4.57 Å². The van der Waals surface area contributed by atoms with Gasteiger partial charge in [0.2, 0.25) is 10.0 Å². The van der Waals surface area contributed by atoms with Crippen LogP contribution in [0.4, 0.5) is 0 Å². The second kappa shape index (κ2) is 6.98. The molecule has 0 aromatic rings. The third kappa shape index (κ3) is 4.60. The van der Waals surface area contributed by atoms with E-state index >= 15 is 0 Å². The van der Waals surface area contributed by atoms with Gasteiger partial charge in [-0.2, -0.15) is 4.31 Å². The fourth-order valence-corrected chi connectivity index (χ4v) is 6.03. The molecule has 108 valence electrons. The highest BCUT2D eigenvalue weighted by atomic mass is 32.2. The molecule has 1 rings (SSSR count). The zero-order valence-electron chi connectivity index (χ0n) is 10.7. The minimum absolute atomic E-state index is 0.149. The second-order valence-corrected chi connectivity index (χ2v) is 8.15. The largest absolute Gasteiger partial charge is 0.379 e. The summed E-state index contributed by atoms with van der Waals surface area (Å²) in [4.78, 5) is 0. The number of hydrogen-bond acceptors (Lipinski definition) is 6. The monoisotopic (exact) mass is 301 g/mol. The van der Waals surface area contributed by atoms with Gasteiger partial charge in [0.25, 0.3) is 0 Å². The summed E-state index contributed by atoms with van der Waals surface area (Å²) < 4.78 is 52.7. The van der Waals surface area contributed by atoms with Gasteiger partial charge in [-0.1, -0.05) is 0 Å². The van der Waals surface area contributed by atoms with Crippen LogP contribution in [0.25, 0.3) is 0 Å². The third-order valence-electron chi connectivity index (χ3n) is 2.34. The molecule has 0 amide bonds. The van der Waals surface area contributed by atoms with Crippen molar-refractivity contribution in [2.45, 2.75) is 13.8 Å². The van der Waals surface area contributed by atoms with Crippen molar-refractivity contribution in [2.24, 2.45) is 0 Å². The molecule has 0 radical (unpaired) electrons. The number of rotatable bonds is 7. The van der Waals surface area contributed by atoms with E-state index in [0.717, 1.165) is 0 Å². The predicted octanol–water partition coefficient (Wildman–Crippen LogP) is 0.872. The Kier molecular flexibility index (Phi) is 6.23. The minimum Gasteiger partial charge on any atom is -0.379 e. The summed E-state index contributed by atoms with van der Waals surface area (Å²) in [6.07, 6.45) is 0. The third-order valence-corrected chi connectivity index (χ3v) is 7.36. The van der Waals surface area contributed by atoms with Crippen LogP contribution < -0.4 is 0 Å². The SMILES string of the molecule is CCOP(=O)(CS(=O)(=O)N1CCOCC1)OCC. The molecule has 0 N–H and O–H groups in total. The summed E-state index contributed by atoms with van der Waals surface area (Å²) >= 11 is 0. The molecule has 1 aliphatic heterocycles. The van der Waals surface area contributed by atoms with E-state index in [4.69, 9.17) is 13.8 Å². The molecule has 1 saturated heterocycles. The van der Waals surface area contributed by atoms with Crippen molar-refractivity contribution >= 4 is 17.6 Å². The maximum absolute atomic E-state index is 12.2. The van der Waals surface area contributed by atoms with E-state index in [-0.39, 0.29) is 26.3 Å². The van der Waals surface area contributed by atoms with Crippen molar-refractivity contribution in [1.29, 1.82) is 0 Å². The highest BCUT2D eigenvalue weighted by Crippen LogP contribution is 2.49. The first kappa shape index (κ1) is 16.1. The van der Waals surface area contributed by atoms with Gasteiger partial charge < -0.3 is 13.8 Å². The highest BCUT2D eigenvalue weighted by Gasteiger charge is 2.35. The van der Waals surface area contributed by atoms with Crippen molar-refractivity contribution in [1.82, 2.24) is 4.31 Å². The normalized spacial score (nSPS) is 19.0. The van der Waals surface area contributed by atoms with E-state index < -0.39 is 23.1 Å². The molecule has 0 unspecified atom stereocenters. The van der Waals surface area contributed by atoms with Crippen molar-refractivity contribution in [3.05, 3.63) is 0 Å². The average Bonchev–Trinajstić information content (AvgIpc) is 2.29. The summed E-state index contributed by atoms with van der Waals surface area (Å²) in [6, 6.07) is 0. The maximum Gasteiger partial charge on any atom is 0.347 e. The number of morpholine rings is 1. The molecule has 1 heterocycles. The number of hydrogen-bond donors (Lipinski definition) is 0. The standard InChI is InChI=1S/C9H20NO6PS/c1-3-15-17(11,16-4-2)9-18(12,13)10-5-7-14-8-6-10/h3-9H2,1-2H3. The Morgan fingerprint density at radius 2 is 1.67 bits per heavy atom. The van der Waals surface area contributed by atoms with Gasteiger partial charge in [-0.15, -0.1) is 0 Å². The average molecular weight is 301 g/mol. The molecule has 0 aromatic heterocycles. The molecule has 9 heteroatoms. The lowest BCUT2D eigenvalue weighted by molar-refractivity contribution is 0.0731. The zero-order valence-corrected chi connectivity index (χ0v) is 12.4. The first-order valence-corrected chi connectivity index (χ1v) is 9.21. The number of nitrogens with zero attached hydrogens (tertiary/aromatic N) is 1. The van der Waals surface area contributed by atoms with Crippen molar-refractivity contribution in [3.63, 3.8) is 0 Å². The molecule has 7 nitrogen and oxygen atoms in total. The zero-order chi connectivity index (χ0) is 13.6. The van der Waals surface area contributed by atoms with Gasteiger partial charge in [-0.05, 0) is 13.8 Å². The molecule has 1 fully saturated rings. The van der Waals surface area contributed by atoms with Crippen LogP contribution in [0.15, 0.2) is 0 Å². The molecular formula is C9H20NO6PS. The van der Waals surface area contributed by atoms with E-state index in [1.54, 1.807) is 13.8 Å². The smallest absolute Gasteiger partial charge is 0.347 e. The van der Waals surface area contributed by atoms with Gasteiger partial charge in [0.1, 0.15) is 0 Å². The first-order valence-electron chi connectivity index (χ1n) is 5.87. The molecule has 0 spiro atoms. The van der Waals surface area contributed by atoms with E-state index in [1.807, 2.05) is 0 Å². The number of ether oxygens (including phenoxy) is 1. The fourth-order valence-electron chi connectivity index (χ4n) is 1.61. The minimum atomic E-state index is -3.65. The van der Waals surface area contributed by atoms with E-state index in [2.05, 4.69) is 0 Å². The molecule has 0 bridgehead atoms. The van der Waals surface area contributed by atoms with Gasteiger partial charge in [0, 0.05) is 13.1 Å². The Balaban J connectivity index is 2.75. The fraction of sp³-hybridized carbons (Fsp3) is 1.00. The lowest BCUT2D eigenvalue weighted by atomic mass is 10.5. The van der Waals surface area contributed by atoms with Crippen LogP contribution in [0.3, 0.4) is 0 Å². The molecule has 1 aliphatic rings. The number of sulfonamides is 1. The Labute approximate surface area is 108 Å². The lowest BCUT2D eigenvalue weighted by Gasteiger charge is -2.27. The summed E-state index contributed by atoms with van der Waals surface area (Å²) in [6.45, 7) is 4.85. The van der Waals surface area contributed by atoms with E-state index in [9.17, 15) is 13.0 Å². The van der Waals surface area contributed by atoms with E-state index in [1.165, 1.54) is 4.31 Å². The summed E-state index contributed by atoms with van der Waals surface area (Å²) in [5.74, 6) is 0. The topological polar surface area (TPSA) is 82.1 Å². The Morgan fingerprint density at radius 3 is 2.11 bits per heavy atom. The van der Waals surface area contributed by atoms with Crippen LogP contribution in [-0.2, 0) is 28.4 Å².